The van der Waals surface area contributed by atoms with E-state index < -0.39 is 10.0 Å². The third kappa shape index (κ3) is 5.68. The zero-order chi connectivity index (χ0) is 28.4. The second-order valence-electron chi connectivity index (χ2n) is 10.6. The second kappa shape index (κ2) is 12.2. The first kappa shape index (κ1) is 29.1. The Morgan fingerprint density at radius 1 is 0.950 bits per heavy atom. The van der Waals surface area contributed by atoms with Gasteiger partial charge in [0.15, 0.2) is 0 Å². The molecule has 3 aromatic carbocycles. The highest BCUT2D eigenvalue weighted by Gasteiger charge is 2.41. The number of benzene rings is 3. The van der Waals surface area contributed by atoms with Crippen LogP contribution in [0.5, 0.6) is 0 Å². The van der Waals surface area contributed by atoms with E-state index in [2.05, 4.69) is 15.7 Å². The van der Waals surface area contributed by atoms with Gasteiger partial charge in [-0.1, -0.05) is 65.7 Å². The van der Waals surface area contributed by atoms with Gasteiger partial charge in [0.05, 0.1) is 21.0 Å². The zero-order valence-electron chi connectivity index (χ0n) is 22.8. The molecule has 2 heterocycles. The molecule has 0 unspecified atom stereocenters. The number of likely N-dealkylation sites (tertiary alicyclic amines) is 1. The predicted octanol–water partition coefficient (Wildman–Crippen LogP) is 6.47. The van der Waals surface area contributed by atoms with E-state index in [-0.39, 0.29) is 23.8 Å². The quantitative estimate of drug-likeness (QED) is 0.306. The number of likely N-dealkylation sites (N-methyl/N-ethyl adjacent to an activating group) is 1. The van der Waals surface area contributed by atoms with E-state index in [1.807, 2.05) is 60.4 Å². The van der Waals surface area contributed by atoms with E-state index in [9.17, 15) is 13.2 Å². The van der Waals surface area contributed by atoms with E-state index >= 15 is 0 Å². The first-order valence-electron chi connectivity index (χ1n) is 13.8. The predicted molar refractivity (Wildman–Crippen MR) is 161 cm³/mol. The Kier molecular flexibility index (Phi) is 8.88. The van der Waals surface area contributed by atoms with Crippen molar-refractivity contribution in [3.8, 4) is 0 Å². The van der Waals surface area contributed by atoms with Crippen molar-refractivity contribution < 1.29 is 13.2 Å². The molecule has 0 radical (unpaired) electrons. The molecule has 212 valence electrons. The molecule has 0 bridgehead atoms. The average molecular weight is 601 g/mol. The highest BCUT2D eigenvalue weighted by Crippen LogP contribution is 2.45. The first-order chi connectivity index (χ1) is 19.2. The van der Waals surface area contributed by atoms with E-state index in [1.54, 1.807) is 12.1 Å². The lowest BCUT2D eigenvalue weighted by atomic mass is 9.83. The Balaban J connectivity index is 1.36. The number of piperidine rings is 1. The van der Waals surface area contributed by atoms with E-state index in [4.69, 9.17) is 23.2 Å². The number of hydrogen-bond acceptors (Lipinski definition) is 4. The minimum Gasteiger partial charge on any atom is -0.331 e. The highest BCUT2D eigenvalue weighted by atomic mass is 35.5. The molecule has 40 heavy (non-hydrogen) atoms. The average Bonchev–Trinajstić information content (AvgIpc) is 3.26. The number of nitrogens with one attached hydrogen (secondary N) is 1. The summed E-state index contributed by atoms with van der Waals surface area (Å²) in [7, 11) is -2.06. The van der Waals surface area contributed by atoms with Crippen LogP contribution < -0.4 is 4.72 Å². The molecule has 6 nitrogen and oxygen atoms in total. The van der Waals surface area contributed by atoms with Gasteiger partial charge in [0.25, 0.3) is 5.91 Å². The van der Waals surface area contributed by atoms with E-state index in [0.29, 0.717) is 21.5 Å². The Hall–Kier alpha value is -2.42. The minimum atomic E-state index is -3.51. The number of carbonyl (C=O) groups is 1. The van der Waals surface area contributed by atoms with Gasteiger partial charge in [-0.15, -0.1) is 0 Å². The number of carbonyl (C=O) groups excluding carboxylic acids is 1. The summed E-state index contributed by atoms with van der Waals surface area (Å²) in [6, 6.07) is 21.0. The molecule has 9 heteroatoms. The summed E-state index contributed by atoms with van der Waals surface area (Å²) in [5, 5.41) is 1.03. The lowest BCUT2D eigenvalue weighted by Gasteiger charge is -2.36. The van der Waals surface area contributed by atoms with Gasteiger partial charge in [-0.25, -0.2) is 13.1 Å². The molecule has 2 aliphatic heterocycles. The molecule has 0 saturated carbocycles. The number of hydrogen-bond donors (Lipinski definition) is 1. The number of amides is 1. The van der Waals surface area contributed by atoms with Gasteiger partial charge in [-0.05, 0) is 99.7 Å². The van der Waals surface area contributed by atoms with Crippen molar-refractivity contribution in [2.24, 2.45) is 0 Å². The molecule has 1 N–H and O–H groups in total. The second-order valence-corrected chi connectivity index (χ2v) is 13.2. The van der Waals surface area contributed by atoms with Crippen LogP contribution in [0.2, 0.25) is 10.0 Å². The fourth-order valence-corrected chi connectivity index (χ4v) is 7.71. The van der Waals surface area contributed by atoms with Gasteiger partial charge in [0.1, 0.15) is 0 Å². The molecule has 2 aliphatic rings. The highest BCUT2D eigenvalue weighted by molar-refractivity contribution is 7.89. The van der Waals surface area contributed by atoms with Crippen molar-refractivity contribution in [2.45, 2.75) is 49.0 Å². The van der Waals surface area contributed by atoms with Crippen molar-refractivity contribution in [1.82, 2.24) is 14.5 Å². The van der Waals surface area contributed by atoms with E-state index in [1.165, 1.54) is 7.05 Å². The molecule has 1 saturated heterocycles. The molecule has 0 aromatic heterocycles. The Morgan fingerprint density at radius 2 is 1.62 bits per heavy atom. The molecule has 3 aromatic rings. The standard InChI is InChI=1S/C31H35Cl2N3O3S/c1-3-36-30(25-9-4-5-10-26(25)31(36)37)24(22-12-13-27(32)28(33)20-22)16-19-35-17-14-21(15-18-35)23-8-6-7-11-29(23)40(38,39)34-2/h4-13,20-21,24,30,34H,3,14-19H2,1-2H3/t24-,30+/m0/s1. The number of sulfonamides is 1. The molecule has 0 spiro atoms. The third-order valence-corrected chi connectivity index (χ3v) is 10.7. The maximum atomic E-state index is 13.3. The summed E-state index contributed by atoms with van der Waals surface area (Å²) in [6.45, 7) is 5.27. The Morgan fingerprint density at radius 3 is 2.30 bits per heavy atom. The van der Waals surface area contributed by atoms with Crippen LogP contribution in [0.15, 0.2) is 71.6 Å². The number of nitrogens with zero attached hydrogens (tertiary/aromatic N) is 2. The monoisotopic (exact) mass is 599 g/mol. The van der Waals surface area contributed by atoms with Crippen LogP contribution in [0, 0.1) is 0 Å². The fourth-order valence-electron chi connectivity index (χ4n) is 6.38. The van der Waals surface area contributed by atoms with Crippen LogP contribution in [0.25, 0.3) is 0 Å². The maximum absolute atomic E-state index is 13.3. The SMILES string of the molecule is CCN1C(=O)c2ccccc2[C@H]1[C@@H](CCN1CCC(c2ccccc2S(=O)(=O)NC)CC1)c1ccc(Cl)c(Cl)c1. The topological polar surface area (TPSA) is 69.7 Å². The summed E-state index contributed by atoms with van der Waals surface area (Å²) in [5.41, 5.74) is 3.80. The van der Waals surface area contributed by atoms with E-state index in [0.717, 1.165) is 61.2 Å². The summed E-state index contributed by atoms with van der Waals surface area (Å²) in [4.78, 5) is 18.1. The molecule has 5 rings (SSSR count). The van der Waals surface area contributed by atoms with Gasteiger partial charge in [0.2, 0.25) is 10.0 Å². The molecule has 0 aliphatic carbocycles. The van der Waals surface area contributed by atoms with Gasteiger partial charge in [0, 0.05) is 18.0 Å². The zero-order valence-corrected chi connectivity index (χ0v) is 25.1. The summed E-state index contributed by atoms with van der Waals surface area (Å²) in [6.07, 6.45) is 2.62. The third-order valence-electron chi connectivity index (χ3n) is 8.46. The lowest BCUT2D eigenvalue weighted by molar-refractivity contribution is 0.0703. The maximum Gasteiger partial charge on any atom is 0.254 e. The van der Waals surface area contributed by atoms with Crippen molar-refractivity contribution >= 4 is 39.1 Å². The minimum absolute atomic E-state index is 0.0431. The van der Waals surface area contributed by atoms with Crippen LogP contribution >= 0.6 is 23.2 Å². The summed E-state index contributed by atoms with van der Waals surface area (Å²) >= 11 is 12.7. The molecular formula is C31H35Cl2N3O3S. The number of halogens is 2. The number of rotatable bonds is 9. The van der Waals surface area contributed by atoms with Crippen LogP contribution in [0.4, 0.5) is 0 Å². The van der Waals surface area contributed by atoms with Crippen molar-refractivity contribution in [2.75, 3.05) is 33.2 Å². The first-order valence-corrected chi connectivity index (χ1v) is 16.1. The molecule has 1 fully saturated rings. The fraction of sp³-hybridized carbons (Fsp3) is 0.387. The van der Waals surface area contributed by atoms with Crippen molar-refractivity contribution in [3.05, 3.63) is 99.0 Å². The smallest absolute Gasteiger partial charge is 0.254 e. The lowest BCUT2D eigenvalue weighted by Crippen LogP contribution is -2.37. The molecule has 1 amide bonds. The normalized spacial score (nSPS) is 19.1. The Labute approximate surface area is 247 Å². The van der Waals surface area contributed by atoms with Crippen LogP contribution in [-0.2, 0) is 10.0 Å². The molecular weight excluding hydrogens is 565 g/mol. The van der Waals surface area contributed by atoms with Crippen molar-refractivity contribution in [1.29, 1.82) is 0 Å². The Bertz CT molecular complexity index is 1490. The van der Waals surface area contributed by atoms with Gasteiger partial charge in [-0.2, -0.15) is 0 Å². The van der Waals surface area contributed by atoms with Gasteiger partial charge >= 0.3 is 0 Å². The van der Waals surface area contributed by atoms with Gasteiger partial charge < -0.3 is 9.80 Å². The molecule has 2 atom stereocenters. The van der Waals surface area contributed by atoms with Gasteiger partial charge in [-0.3, -0.25) is 4.79 Å². The van der Waals surface area contributed by atoms with Crippen LogP contribution in [0.3, 0.4) is 0 Å². The largest absolute Gasteiger partial charge is 0.331 e. The summed E-state index contributed by atoms with van der Waals surface area (Å²) < 4.78 is 27.7. The van der Waals surface area contributed by atoms with Crippen LogP contribution in [0.1, 0.15) is 71.1 Å². The van der Waals surface area contributed by atoms with Crippen LogP contribution in [-0.4, -0.2) is 57.4 Å². The van der Waals surface area contributed by atoms with Crippen molar-refractivity contribution in [3.63, 3.8) is 0 Å². The number of fused-ring (bicyclic) bond motifs is 1. The summed E-state index contributed by atoms with van der Waals surface area (Å²) in [5.74, 6) is 0.307.